The van der Waals surface area contributed by atoms with Crippen LogP contribution in [0.25, 0.3) is 28.3 Å². The van der Waals surface area contributed by atoms with Gasteiger partial charge in [-0.25, -0.2) is 14.8 Å². The Morgan fingerprint density at radius 2 is 1.93 bits per heavy atom. The third-order valence-corrected chi connectivity index (χ3v) is 5.19. The van der Waals surface area contributed by atoms with Crippen molar-refractivity contribution in [1.82, 2.24) is 14.5 Å². The van der Waals surface area contributed by atoms with E-state index in [0.717, 1.165) is 11.6 Å². The molecule has 0 unspecified atom stereocenters. The smallest absolute Gasteiger partial charge is 0.401 e. The van der Waals surface area contributed by atoms with Crippen LogP contribution < -0.4 is 5.63 Å². The van der Waals surface area contributed by atoms with Crippen LogP contribution in [0.1, 0.15) is 11.1 Å². The second-order valence-corrected chi connectivity index (χ2v) is 8.01. The number of benzene rings is 1. The van der Waals surface area contributed by atoms with E-state index in [4.69, 9.17) is 4.42 Å². The van der Waals surface area contributed by atoms with E-state index in [2.05, 4.69) is 41.8 Å². The molecule has 0 N–H and O–H groups in total. The summed E-state index contributed by atoms with van der Waals surface area (Å²) >= 11 is 6.63. The van der Waals surface area contributed by atoms with Crippen LogP contribution in [0.4, 0.5) is 13.2 Å². The van der Waals surface area contributed by atoms with Crippen molar-refractivity contribution < 1.29 is 17.6 Å². The predicted octanol–water partition coefficient (Wildman–Crippen LogP) is 5.89. The number of nitrogens with zero attached hydrogens (tertiary/aromatic N) is 3. The monoisotopic (exact) mass is 527 g/mol. The van der Waals surface area contributed by atoms with Crippen LogP contribution in [0.5, 0.6) is 0 Å². The third-order valence-electron chi connectivity index (χ3n) is 4.16. The molecule has 0 spiro atoms. The third kappa shape index (κ3) is 3.62. The Hall–Kier alpha value is -2.46. The lowest BCUT2D eigenvalue weighted by Crippen LogP contribution is -2.13. The molecule has 0 amide bonds. The predicted molar refractivity (Wildman–Crippen MR) is 108 cm³/mol. The molecule has 10 heteroatoms. The number of rotatable bonds is 2. The highest BCUT2D eigenvalue weighted by Crippen LogP contribution is 2.36. The molecule has 0 radical (unpaired) electrons. The maximum atomic E-state index is 13.5. The van der Waals surface area contributed by atoms with E-state index in [0.29, 0.717) is 14.5 Å². The molecule has 0 saturated heterocycles. The first-order valence-electron chi connectivity index (χ1n) is 8.17. The van der Waals surface area contributed by atoms with Crippen LogP contribution in [-0.4, -0.2) is 14.5 Å². The second kappa shape index (κ2) is 7.10. The van der Waals surface area contributed by atoms with Crippen LogP contribution in [-0.2, 0) is 6.18 Å². The van der Waals surface area contributed by atoms with Crippen molar-refractivity contribution in [3.8, 4) is 17.4 Å². The number of aryl methyl sites for hydroxylation is 1. The molecule has 0 fully saturated rings. The first-order valence-corrected chi connectivity index (χ1v) is 9.75. The van der Waals surface area contributed by atoms with Gasteiger partial charge in [-0.2, -0.15) is 13.2 Å². The standard InChI is InChI=1S/C19H10Br2F3N3O2/c1-9-5-11-15(13(21)6-9)26-17(29-18(11)28)14-7-10(20)8-27(14)16-12(19(22,23)24)3-2-4-25-16/h2-8H,1H3. The Balaban J connectivity index is 2.00. The van der Waals surface area contributed by atoms with E-state index < -0.39 is 17.4 Å². The van der Waals surface area contributed by atoms with Crippen LogP contribution >= 0.6 is 31.9 Å². The van der Waals surface area contributed by atoms with Gasteiger partial charge in [0.05, 0.1) is 16.5 Å². The van der Waals surface area contributed by atoms with Crippen LogP contribution in [0, 0.1) is 6.92 Å². The molecule has 0 aliphatic heterocycles. The van der Waals surface area contributed by atoms with E-state index in [1.54, 1.807) is 12.1 Å². The van der Waals surface area contributed by atoms with Gasteiger partial charge in [-0.1, -0.05) is 0 Å². The van der Waals surface area contributed by atoms with E-state index in [9.17, 15) is 18.0 Å². The number of halogens is 5. The first-order chi connectivity index (χ1) is 13.6. The summed E-state index contributed by atoms with van der Waals surface area (Å²) in [6, 6.07) is 7.07. The minimum Gasteiger partial charge on any atom is -0.401 e. The van der Waals surface area contributed by atoms with Crippen molar-refractivity contribution in [1.29, 1.82) is 0 Å². The molecule has 3 heterocycles. The summed E-state index contributed by atoms with van der Waals surface area (Å²) in [4.78, 5) is 20.8. The lowest BCUT2D eigenvalue weighted by molar-refractivity contribution is -0.137. The maximum absolute atomic E-state index is 13.5. The van der Waals surface area contributed by atoms with Crippen LogP contribution in [0.2, 0.25) is 0 Å². The molecule has 3 aromatic heterocycles. The zero-order valence-corrected chi connectivity index (χ0v) is 17.8. The SMILES string of the molecule is Cc1cc(Br)c2nc(-c3cc(Br)cn3-c3ncccc3C(F)(F)F)oc(=O)c2c1. The Kier molecular flexibility index (Phi) is 4.86. The summed E-state index contributed by atoms with van der Waals surface area (Å²) in [6.07, 6.45) is -1.95. The molecule has 5 nitrogen and oxygen atoms in total. The normalized spacial score (nSPS) is 11.9. The van der Waals surface area contributed by atoms with E-state index in [1.165, 1.54) is 29.1 Å². The number of alkyl halides is 3. The van der Waals surface area contributed by atoms with Gasteiger partial charge in [-0.3, -0.25) is 4.57 Å². The molecule has 0 bridgehead atoms. The first kappa shape index (κ1) is 19.8. The minimum absolute atomic E-state index is 0.128. The minimum atomic E-state index is -4.62. The number of pyridine rings is 1. The second-order valence-electron chi connectivity index (χ2n) is 6.24. The van der Waals surface area contributed by atoms with Crippen molar-refractivity contribution in [3.05, 3.63) is 73.2 Å². The Bertz CT molecular complexity index is 1310. The molecule has 0 atom stereocenters. The van der Waals surface area contributed by atoms with Gasteiger partial charge in [-0.15, -0.1) is 0 Å². The molecular weight excluding hydrogens is 519 g/mol. The summed E-state index contributed by atoms with van der Waals surface area (Å²) in [5.41, 5.74) is -0.240. The largest absolute Gasteiger partial charge is 0.419 e. The molecule has 1 aromatic carbocycles. The fourth-order valence-electron chi connectivity index (χ4n) is 2.96. The quantitative estimate of drug-likeness (QED) is 0.325. The fourth-order valence-corrected chi connectivity index (χ4v) is 4.05. The van der Waals surface area contributed by atoms with Gasteiger partial charge in [0.15, 0.2) is 0 Å². The lowest BCUT2D eigenvalue weighted by Gasteiger charge is -2.14. The Morgan fingerprint density at radius 3 is 2.66 bits per heavy atom. The molecule has 0 aliphatic rings. The topological polar surface area (TPSA) is 60.9 Å². The van der Waals surface area contributed by atoms with E-state index in [-0.39, 0.29) is 22.8 Å². The fraction of sp³-hybridized carbons (Fsp3) is 0.105. The number of hydrogen-bond donors (Lipinski definition) is 0. The highest BCUT2D eigenvalue weighted by atomic mass is 79.9. The van der Waals surface area contributed by atoms with E-state index >= 15 is 0 Å². The van der Waals surface area contributed by atoms with Crippen molar-refractivity contribution >= 4 is 42.8 Å². The summed E-state index contributed by atoms with van der Waals surface area (Å²) in [5.74, 6) is -0.482. The molecule has 4 aromatic rings. The number of fused-ring (bicyclic) bond motifs is 1. The van der Waals surface area contributed by atoms with Gasteiger partial charge in [-0.05, 0) is 74.7 Å². The lowest BCUT2D eigenvalue weighted by atomic mass is 10.2. The van der Waals surface area contributed by atoms with Crippen LogP contribution in [0.15, 0.2) is 60.9 Å². The average molecular weight is 529 g/mol. The van der Waals surface area contributed by atoms with Crippen molar-refractivity contribution in [3.63, 3.8) is 0 Å². The van der Waals surface area contributed by atoms with Crippen molar-refractivity contribution in [2.45, 2.75) is 13.1 Å². The zero-order chi connectivity index (χ0) is 20.9. The van der Waals surface area contributed by atoms with Gasteiger partial charge in [0.1, 0.15) is 11.5 Å². The molecular formula is C19H10Br2F3N3O2. The van der Waals surface area contributed by atoms with Gasteiger partial charge in [0, 0.05) is 21.3 Å². The van der Waals surface area contributed by atoms with Gasteiger partial charge < -0.3 is 4.42 Å². The number of aromatic nitrogens is 3. The van der Waals surface area contributed by atoms with Gasteiger partial charge >= 0.3 is 11.8 Å². The maximum Gasteiger partial charge on any atom is 0.419 e. The van der Waals surface area contributed by atoms with Gasteiger partial charge in [0.2, 0.25) is 5.89 Å². The summed E-state index contributed by atoms with van der Waals surface area (Å²) < 4.78 is 48.0. The zero-order valence-electron chi connectivity index (χ0n) is 14.6. The van der Waals surface area contributed by atoms with Crippen LogP contribution in [0.3, 0.4) is 0 Å². The molecule has 29 heavy (non-hydrogen) atoms. The molecule has 4 rings (SSSR count). The highest BCUT2D eigenvalue weighted by Gasteiger charge is 2.35. The van der Waals surface area contributed by atoms with Gasteiger partial charge in [0.25, 0.3) is 0 Å². The molecule has 0 aliphatic carbocycles. The van der Waals surface area contributed by atoms with E-state index in [1.807, 2.05) is 6.92 Å². The average Bonchev–Trinajstić information content (AvgIpc) is 3.03. The van der Waals surface area contributed by atoms with Crippen molar-refractivity contribution in [2.75, 3.05) is 0 Å². The molecule has 0 saturated carbocycles. The Morgan fingerprint density at radius 1 is 1.17 bits per heavy atom. The Labute approximate surface area is 178 Å². The summed E-state index contributed by atoms with van der Waals surface area (Å²) in [5, 5.41) is 0.270. The summed E-state index contributed by atoms with van der Waals surface area (Å²) in [7, 11) is 0. The highest BCUT2D eigenvalue weighted by molar-refractivity contribution is 9.11. The number of hydrogen-bond acceptors (Lipinski definition) is 4. The van der Waals surface area contributed by atoms with Crippen molar-refractivity contribution in [2.24, 2.45) is 0 Å². The summed E-state index contributed by atoms with van der Waals surface area (Å²) in [6.45, 7) is 1.82. The molecule has 148 valence electrons.